The summed E-state index contributed by atoms with van der Waals surface area (Å²) in [4.78, 5) is 0. The lowest BCUT2D eigenvalue weighted by molar-refractivity contribution is -0.762. The van der Waals surface area contributed by atoms with E-state index in [1.165, 1.54) is 120 Å². The van der Waals surface area contributed by atoms with Crippen molar-refractivity contribution in [2.24, 2.45) is 0 Å². The van der Waals surface area contributed by atoms with Gasteiger partial charge in [0.15, 0.2) is 6.20 Å². The Hall–Kier alpha value is -4.43. The SMILES string of the molecule is CCCCCC(CC)c1ccc(-c2cc(Oc3ccc4c(c3)-c3cccc[n+]3[C@@]3(CC)C(C)=CC43CC)cc(-c3ccc(C(CC)CCCCC)cc3)c2)cc1. The molecule has 0 amide bonds. The van der Waals surface area contributed by atoms with E-state index in [0.717, 1.165) is 24.3 Å². The molecule has 0 fully saturated rings. The molecule has 4 atom stereocenters. The van der Waals surface area contributed by atoms with Gasteiger partial charge in [-0.3, -0.25) is 0 Å². The molecular weight excluding hydrogens is 679 g/mol. The Labute approximate surface area is 339 Å². The molecule has 2 aliphatic rings. The molecule has 1 aliphatic carbocycles. The van der Waals surface area contributed by atoms with Crippen LogP contribution in [0.25, 0.3) is 33.5 Å². The van der Waals surface area contributed by atoms with E-state index in [2.05, 4.69) is 168 Å². The minimum absolute atomic E-state index is 0.0241. The van der Waals surface area contributed by atoms with Gasteiger partial charge in [0.05, 0.1) is 11.0 Å². The average Bonchev–Trinajstić information content (AvgIpc) is 3.23. The van der Waals surface area contributed by atoms with E-state index in [9.17, 15) is 0 Å². The lowest BCUT2D eigenvalue weighted by atomic mass is 9.49. The van der Waals surface area contributed by atoms with Crippen LogP contribution in [-0.2, 0) is 11.0 Å². The van der Waals surface area contributed by atoms with Gasteiger partial charge in [0.2, 0.25) is 11.2 Å². The Morgan fingerprint density at radius 1 is 0.571 bits per heavy atom. The van der Waals surface area contributed by atoms with Crippen molar-refractivity contribution in [1.29, 1.82) is 0 Å². The Kier molecular flexibility index (Phi) is 12.3. The highest BCUT2D eigenvalue weighted by Gasteiger charge is 2.67. The van der Waals surface area contributed by atoms with Crippen molar-refractivity contribution >= 4 is 0 Å². The molecule has 2 heteroatoms. The minimum Gasteiger partial charge on any atom is -0.457 e. The van der Waals surface area contributed by atoms with E-state index in [1.54, 1.807) is 0 Å². The maximum absolute atomic E-state index is 6.95. The molecule has 292 valence electrons. The van der Waals surface area contributed by atoms with Crippen LogP contribution in [0.1, 0.15) is 154 Å². The van der Waals surface area contributed by atoms with Crippen LogP contribution in [-0.4, -0.2) is 0 Å². The number of nitrogens with zero attached hydrogens (tertiary/aromatic N) is 1. The molecule has 0 spiro atoms. The Balaban J connectivity index is 1.26. The number of allylic oxidation sites excluding steroid dienone is 2. The van der Waals surface area contributed by atoms with E-state index in [1.807, 2.05) is 0 Å². The molecule has 56 heavy (non-hydrogen) atoms. The highest BCUT2D eigenvalue weighted by Crippen LogP contribution is 2.60. The van der Waals surface area contributed by atoms with Crippen LogP contribution in [0.2, 0.25) is 0 Å². The van der Waals surface area contributed by atoms with Gasteiger partial charge < -0.3 is 4.74 Å². The minimum atomic E-state index is -0.0264. The fraction of sp³-hybridized carbons (Fsp3) is 0.426. The number of ether oxygens (including phenoxy) is 1. The molecule has 0 bridgehead atoms. The first-order chi connectivity index (χ1) is 27.4. The van der Waals surface area contributed by atoms with Gasteiger partial charge in [-0.1, -0.05) is 141 Å². The van der Waals surface area contributed by atoms with Crippen molar-refractivity contribution in [3.05, 3.63) is 138 Å². The number of hydrogen-bond acceptors (Lipinski definition) is 1. The molecule has 5 aromatic rings. The average molecular weight is 745 g/mol. The maximum Gasteiger partial charge on any atom is 0.213 e. The first kappa shape index (κ1) is 39.8. The summed E-state index contributed by atoms with van der Waals surface area (Å²) in [5.74, 6) is 2.98. The van der Waals surface area contributed by atoms with Gasteiger partial charge in [-0.15, -0.1) is 0 Å². The molecule has 2 nitrogen and oxygen atoms in total. The molecule has 0 radical (unpaired) electrons. The predicted molar refractivity (Wildman–Crippen MR) is 238 cm³/mol. The number of fused-ring (bicyclic) bond motifs is 6. The summed E-state index contributed by atoms with van der Waals surface area (Å²) >= 11 is 0. The van der Waals surface area contributed by atoms with Gasteiger partial charge in [0.1, 0.15) is 11.5 Å². The lowest BCUT2D eigenvalue weighted by Crippen LogP contribution is -2.74. The molecule has 1 aliphatic heterocycles. The molecule has 2 heterocycles. The van der Waals surface area contributed by atoms with Gasteiger partial charge in [-0.2, -0.15) is 4.57 Å². The molecule has 0 saturated carbocycles. The molecule has 0 N–H and O–H groups in total. The molecule has 3 unspecified atom stereocenters. The van der Waals surface area contributed by atoms with Crippen LogP contribution in [0.15, 0.2) is 121 Å². The first-order valence-electron chi connectivity index (χ1n) is 22.3. The van der Waals surface area contributed by atoms with Gasteiger partial charge >= 0.3 is 0 Å². The summed E-state index contributed by atoms with van der Waals surface area (Å²) in [6.07, 6.45) is 19.6. The summed E-state index contributed by atoms with van der Waals surface area (Å²) < 4.78 is 9.51. The molecule has 0 saturated heterocycles. The van der Waals surface area contributed by atoms with Crippen molar-refractivity contribution < 1.29 is 9.30 Å². The zero-order valence-corrected chi connectivity index (χ0v) is 35.5. The van der Waals surface area contributed by atoms with Crippen molar-refractivity contribution in [1.82, 2.24) is 0 Å². The van der Waals surface area contributed by atoms with Crippen LogP contribution >= 0.6 is 0 Å². The van der Waals surface area contributed by atoms with Gasteiger partial charge in [0.25, 0.3) is 0 Å². The normalized spacial score (nSPS) is 19.2. The van der Waals surface area contributed by atoms with E-state index in [-0.39, 0.29) is 11.0 Å². The number of unbranched alkanes of at least 4 members (excludes halogenated alkanes) is 4. The Morgan fingerprint density at radius 3 is 1.66 bits per heavy atom. The summed E-state index contributed by atoms with van der Waals surface area (Å²) in [5, 5.41) is 0. The lowest BCUT2D eigenvalue weighted by Gasteiger charge is -2.55. The van der Waals surface area contributed by atoms with E-state index in [0.29, 0.717) is 11.8 Å². The van der Waals surface area contributed by atoms with Crippen molar-refractivity contribution in [2.75, 3.05) is 0 Å². The third-order valence-corrected chi connectivity index (χ3v) is 13.8. The summed E-state index contributed by atoms with van der Waals surface area (Å²) in [6.45, 7) is 16.3. The molecular formula is C54H66NO+. The zero-order chi connectivity index (χ0) is 39.3. The largest absolute Gasteiger partial charge is 0.457 e. The third kappa shape index (κ3) is 7.19. The number of pyridine rings is 1. The van der Waals surface area contributed by atoms with Crippen LogP contribution in [0.3, 0.4) is 0 Å². The maximum atomic E-state index is 6.95. The fourth-order valence-corrected chi connectivity index (χ4v) is 10.6. The molecule has 4 aromatic carbocycles. The quantitative estimate of drug-likeness (QED) is 0.0495. The van der Waals surface area contributed by atoms with Crippen LogP contribution < -0.4 is 9.30 Å². The third-order valence-electron chi connectivity index (χ3n) is 13.8. The van der Waals surface area contributed by atoms with E-state index in [4.69, 9.17) is 4.74 Å². The fourth-order valence-electron chi connectivity index (χ4n) is 10.6. The van der Waals surface area contributed by atoms with Crippen molar-refractivity contribution in [3.63, 3.8) is 0 Å². The van der Waals surface area contributed by atoms with Gasteiger partial charge in [-0.05, 0) is 132 Å². The highest BCUT2D eigenvalue weighted by molar-refractivity contribution is 5.76. The Morgan fingerprint density at radius 2 is 1.16 bits per heavy atom. The van der Waals surface area contributed by atoms with Crippen molar-refractivity contribution in [3.8, 4) is 45.0 Å². The monoisotopic (exact) mass is 745 g/mol. The van der Waals surface area contributed by atoms with Gasteiger partial charge in [-0.25, -0.2) is 0 Å². The van der Waals surface area contributed by atoms with Crippen LogP contribution in [0, 0.1) is 0 Å². The van der Waals surface area contributed by atoms with Gasteiger partial charge in [0, 0.05) is 18.6 Å². The van der Waals surface area contributed by atoms with E-state index >= 15 is 0 Å². The molecule has 7 rings (SSSR count). The summed E-state index contributed by atoms with van der Waals surface area (Å²) in [6, 6.07) is 39.2. The standard InChI is InChI=1S/C54H66NO/c1-8-14-16-20-40(10-3)42-23-27-44(28-24-42)46-34-47(45-29-25-43(26-30-45)41(11-4)21-17-15-9-2)36-49(35-46)56-48-31-32-51-50(37-48)52-22-18-19-33-55(52)54(13-6)39(7)38-53(51,54)12-5/h18-19,22-38,40-41H,8-17,20-21H2,1-7H3/q+1/t40?,41?,53?,54-/m0/s1. The summed E-state index contributed by atoms with van der Waals surface area (Å²) in [7, 11) is 0. The second-order valence-corrected chi connectivity index (χ2v) is 16.8. The van der Waals surface area contributed by atoms with Crippen molar-refractivity contribution in [2.45, 2.75) is 148 Å². The number of hydrogen-bond donors (Lipinski definition) is 0. The number of benzene rings is 4. The van der Waals surface area contributed by atoms with E-state index < -0.39 is 0 Å². The Bertz CT molecular complexity index is 2040. The zero-order valence-electron chi connectivity index (χ0n) is 35.5. The van der Waals surface area contributed by atoms with Crippen LogP contribution in [0.4, 0.5) is 0 Å². The first-order valence-corrected chi connectivity index (χ1v) is 22.3. The second kappa shape index (κ2) is 17.4. The van der Waals surface area contributed by atoms with Crippen LogP contribution in [0.5, 0.6) is 11.5 Å². The highest BCUT2D eigenvalue weighted by atomic mass is 16.5. The summed E-state index contributed by atoms with van der Waals surface area (Å²) in [5.41, 5.74) is 13.1. The smallest absolute Gasteiger partial charge is 0.213 e. The number of rotatable bonds is 18. The topological polar surface area (TPSA) is 13.1 Å². The molecule has 1 aromatic heterocycles. The number of aromatic nitrogens is 1. The second-order valence-electron chi connectivity index (χ2n) is 16.8. The predicted octanol–water partition coefficient (Wildman–Crippen LogP) is 15.6.